The molecule has 20 heavy (non-hydrogen) atoms. The summed E-state index contributed by atoms with van der Waals surface area (Å²) < 4.78 is 3.91. The molecule has 0 unspecified atom stereocenters. The molecule has 2 rings (SSSR count). The van der Waals surface area contributed by atoms with Crippen molar-refractivity contribution in [2.45, 2.75) is 6.92 Å². The van der Waals surface area contributed by atoms with Crippen molar-refractivity contribution in [2.75, 3.05) is 17.7 Å². The first-order chi connectivity index (χ1) is 9.51. The Bertz CT molecular complexity index is 671. The maximum atomic E-state index is 12.1. The number of carbonyl (C=O) groups is 1. The van der Waals surface area contributed by atoms with E-state index in [1.54, 1.807) is 14.0 Å². The Balaban J connectivity index is 2.34. The molecule has 10 heteroatoms. The zero-order valence-electron chi connectivity index (χ0n) is 10.6. The van der Waals surface area contributed by atoms with E-state index in [4.69, 9.17) is 0 Å². The van der Waals surface area contributed by atoms with Crippen LogP contribution < -0.4 is 10.6 Å². The fourth-order valence-corrected chi connectivity index (χ4v) is 2.00. The minimum Gasteiger partial charge on any atom is -0.373 e. The van der Waals surface area contributed by atoms with Crippen LogP contribution in [0.2, 0.25) is 0 Å². The monoisotopic (exact) mass is 294 g/mol. The molecule has 2 aromatic rings. The third kappa shape index (κ3) is 2.85. The lowest BCUT2D eigenvalue weighted by atomic mass is 10.2. The Morgan fingerprint density at radius 1 is 1.50 bits per heavy atom. The van der Waals surface area contributed by atoms with Crippen LogP contribution in [0.3, 0.4) is 0 Å². The van der Waals surface area contributed by atoms with Crippen LogP contribution in [0.4, 0.5) is 16.6 Å². The summed E-state index contributed by atoms with van der Waals surface area (Å²) in [4.78, 5) is 30.1. The van der Waals surface area contributed by atoms with Crippen molar-refractivity contribution in [1.29, 1.82) is 0 Å². The topological polar surface area (TPSA) is 123 Å². The number of carbonyl (C=O) groups excluding carboxylic acids is 1. The third-order valence-corrected chi connectivity index (χ3v) is 3.05. The van der Waals surface area contributed by atoms with Crippen LogP contribution in [0, 0.1) is 17.0 Å². The molecule has 0 radical (unpaired) electrons. The summed E-state index contributed by atoms with van der Waals surface area (Å²) in [6.07, 6.45) is 1.03. The van der Waals surface area contributed by atoms with Crippen molar-refractivity contribution in [3.63, 3.8) is 0 Å². The molecule has 0 saturated carbocycles. The quantitative estimate of drug-likeness (QED) is 0.646. The summed E-state index contributed by atoms with van der Waals surface area (Å²) in [5.74, 6) is 0.242. The van der Waals surface area contributed by atoms with Gasteiger partial charge in [0.2, 0.25) is 5.13 Å². The second-order valence-electron chi connectivity index (χ2n) is 3.69. The zero-order chi connectivity index (χ0) is 14.7. The third-order valence-electron chi connectivity index (χ3n) is 2.33. The Morgan fingerprint density at radius 2 is 2.25 bits per heavy atom. The molecular formula is C10H10N6O3S. The van der Waals surface area contributed by atoms with Gasteiger partial charge in [-0.15, -0.1) is 0 Å². The molecule has 104 valence electrons. The number of rotatable bonds is 4. The van der Waals surface area contributed by atoms with Gasteiger partial charge in [-0.25, -0.2) is 9.97 Å². The van der Waals surface area contributed by atoms with E-state index < -0.39 is 10.8 Å². The number of aromatic nitrogens is 3. The molecule has 2 heterocycles. The van der Waals surface area contributed by atoms with Gasteiger partial charge in [0.25, 0.3) is 11.6 Å². The van der Waals surface area contributed by atoms with Gasteiger partial charge in [0, 0.05) is 24.6 Å². The summed E-state index contributed by atoms with van der Waals surface area (Å²) in [6.45, 7) is 1.68. The lowest BCUT2D eigenvalue weighted by Crippen LogP contribution is -2.14. The number of nitrogens with one attached hydrogen (secondary N) is 2. The van der Waals surface area contributed by atoms with Crippen molar-refractivity contribution in [1.82, 2.24) is 14.3 Å². The van der Waals surface area contributed by atoms with Crippen LogP contribution >= 0.6 is 11.5 Å². The number of nitrogens with zero attached hydrogens (tertiary/aromatic N) is 4. The maximum Gasteiger partial charge on any atom is 0.300 e. The predicted molar refractivity (Wildman–Crippen MR) is 73.0 cm³/mol. The van der Waals surface area contributed by atoms with Gasteiger partial charge in [-0.2, -0.15) is 4.37 Å². The highest BCUT2D eigenvalue weighted by atomic mass is 32.1. The summed E-state index contributed by atoms with van der Waals surface area (Å²) in [6, 6.07) is 1.31. The van der Waals surface area contributed by atoms with E-state index >= 15 is 0 Å². The highest BCUT2D eigenvalue weighted by Gasteiger charge is 2.22. The van der Waals surface area contributed by atoms with Crippen LogP contribution in [0.15, 0.2) is 12.3 Å². The molecule has 9 nitrogen and oxygen atoms in total. The van der Waals surface area contributed by atoms with Crippen LogP contribution in [-0.2, 0) is 0 Å². The Morgan fingerprint density at radius 3 is 2.80 bits per heavy atom. The molecule has 0 aliphatic rings. The second-order valence-corrected chi connectivity index (χ2v) is 4.45. The smallest absolute Gasteiger partial charge is 0.300 e. The van der Waals surface area contributed by atoms with Gasteiger partial charge in [-0.05, 0) is 6.92 Å². The van der Waals surface area contributed by atoms with Crippen molar-refractivity contribution in [2.24, 2.45) is 0 Å². The summed E-state index contributed by atoms with van der Waals surface area (Å²) >= 11 is 1.00. The average Bonchev–Trinajstić information content (AvgIpc) is 2.83. The fourth-order valence-electron chi connectivity index (χ4n) is 1.42. The van der Waals surface area contributed by atoms with Crippen LogP contribution in [0.1, 0.15) is 16.2 Å². The van der Waals surface area contributed by atoms with E-state index in [1.807, 2.05) is 0 Å². The number of amides is 1. The van der Waals surface area contributed by atoms with Gasteiger partial charge in [0.05, 0.1) is 4.92 Å². The SMILES string of the molecule is CNc1cc(C(=O)Nc2nc(C)ns2)c([N+](=O)[O-])cn1. The first kappa shape index (κ1) is 13.8. The number of pyridine rings is 1. The lowest BCUT2D eigenvalue weighted by molar-refractivity contribution is -0.385. The maximum absolute atomic E-state index is 12.1. The largest absolute Gasteiger partial charge is 0.373 e. The second kappa shape index (κ2) is 5.57. The molecule has 2 N–H and O–H groups in total. The molecule has 0 saturated heterocycles. The van der Waals surface area contributed by atoms with Crippen molar-refractivity contribution in [3.8, 4) is 0 Å². The molecule has 0 aliphatic carbocycles. The molecule has 1 amide bonds. The first-order valence-corrected chi connectivity index (χ1v) is 6.22. The van der Waals surface area contributed by atoms with E-state index in [2.05, 4.69) is 25.0 Å². The fraction of sp³-hybridized carbons (Fsp3) is 0.200. The molecule has 0 spiro atoms. The van der Waals surface area contributed by atoms with Gasteiger partial charge in [-0.3, -0.25) is 20.2 Å². The van der Waals surface area contributed by atoms with Crippen molar-refractivity contribution >= 4 is 34.1 Å². The van der Waals surface area contributed by atoms with E-state index in [0.29, 0.717) is 11.6 Å². The van der Waals surface area contributed by atoms with Gasteiger partial charge in [0.1, 0.15) is 23.4 Å². The van der Waals surface area contributed by atoms with E-state index in [0.717, 1.165) is 17.7 Å². The van der Waals surface area contributed by atoms with Gasteiger partial charge in [-0.1, -0.05) is 0 Å². The Labute approximate surface area is 117 Å². The number of aryl methyl sites for hydroxylation is 1. The molecule has 0 fully saturated rings. The summed E-state index contributed by atoms with van der Waals surface area (Å²) in [7, 11) is 1.60. The van der Waals surface area contributed by atoms with Gasteiger partial charge >= 0.3 is 0 Å². The van der Waals surface area contributed by atoms with E-state index in [-0.39, 0.29) is 16.4 Å². The highest BCUT2D eigenvalue weighted by molar-refractivity contribution is 7.09. The standard InChI is InChI=1S/C10H10N6O3S/c1-5-13-10(20-15-5)14-9(17)6-3-8(11-2)12-4-7(6)16(18)19/h3-4H,1-2H3,(H,11,12)(H,13,14,15,17). The Kier molecular flexibility index (Phi) is 3.84. The van der Waals surface area contributed by atoms with Crippen molar-refractivity contribution in [3.05, 3.63) is 33.8 Å². The van der Waals surface area contributed by atoms with E-state index in [1.165, 1.54) is 6.07 Å². The molecule has 0 aromatic carbocycles. The number of hydrogen-bond donors (Lipinski definition) is 2. The van der Waals surface area contributed by atoms with Crippen LogP contribution in [0.25, 0.3) is 0 Å². The number of anilines is 2. The first-order valence-electron chi connectivity index (χ1n) is 5.45. The van der Waals surface area contributed by atoms with E-state index in [9.17, 15) is 14.9 Å². The van der Waals surface area contributed by atoms with Gasteiger partial charge in [0.15, 0.2) is 0 Å². The number of nitro groups is 1. The molecule has 2 aromatic heterocycles. The summed E-state index contributed by atoms with van der Waals surface area (Å²) in [5.41, 5.74) is -0.468. The number of hydrogen-bond acceptors (Lipinski definition) is 8. The van der Waals surface area contributed by atoms with Crippen molar-refractivity contribution < 1.29 is 9.72 Å². The molecule has 0 aliphatic heterocycles. The molecule has 0 bridgehead atoms. The van der Waals surface area contributed by atoms with Crippen LogP contribution in [-0.4, -0.2) is 32.2 Å². The highest BCUT2D eigenvalue weighted by Crippen LogP contribution is 2.22. The normalized spacial score (nSPS) is 10.1. The molecular weight excluding hydrogens is 284 g/mol. The minimum absolute atomic E-state index is 0.0952. The lowest BCUT2D eigenvalue weighted by Gasteiger charge is -2.04. The van der Waals surface area contributed by atoms with Crippen LogP contribution in [0.5, 0.6) is 0 Å². The average molecular weight is 294 g/mol. The predicted octanol–water partition coefficient (Wildman–Crippen LogP) is 1.44. The zero-order valence-corrected chi connectivity index (χ0v) is 11.4. The molecule has 0 atom stereocenters. The minimum atomic E-state index is -0.660. The van der Waals surface area contributed by atoms with Gasteiger partial charge < -0.3 is 5.32 Å². The Hall–Kier alpha value is -2.62. The summed E-state index contributed by atoms with van der Waals surface area (Å²) in [5, 5.41) is 16.4.